The van der Waals surface area contributed by atoms with Gasteiger partial charge in [-0.2, -0.15) is 23.1 Å². The number of imidazole rings is 1. The highest BCUT2D eigenvalue weighted by atomic mass is 19.4. The third-order valence-electron chi connectivity index (χ3n) is 4.15. The highest BCUT2D eigenvalue weighted by Crippen LogP contribution is 2.31. The predicted molar refractivity (Wildman–Crippen MR) is 104 cm³/mol. The molecule has 2 heterocycles. The Hall–Kier alpha value is -3.74. The van der Waals surface area contributed by atoms with Crippen molar-refractivity contribution in [1.82, 2.24) is 19.5 Å². The SMILES string of the molecule is COCC(=O)N(CC(N)=O)c1nc(Nc2ccc(C(F)(F)F)cc2)c2ncn(C)c2n1. The zero-order valence-corrected chi connectivity index (χ0v) is 16.5. The number of fused-ring (bicyclic) bond motifs is 1. The molecule has 2 amide bonds. The molecule has 0 aliphatic carbocycles. The summed E-state index contributed by atoms with van der Waals surface area (Å²) in [5, 5.41) is 2.88. The molecule has 0 fully saturated rings. The van der Waals surface area contributed by atoms with Crippen LogP contribution in [0.3, 0.4) is 0 Å². The van der Waals surface area contributed by atoms with Crippen molar-refractivity contribution in [2.75, 3.05) is 30.5 Å². The number of amides is 2. The second-order valence-electron chi connectivity index (χ2n) is 6.48. The highest BCUT2D eigenvalue weighted by molar-refractivity contribution is 5.99. The quantitative estimate of drug-likeness (QED) is 0.574. The molecule has 2 aromatic heterocycles. The predicted octanol–water partition coefficient (Wildman–Crippen LogP) is 1.59. The number of rotatable bonds is 7. The summed E-state index contributed by atoms with van der Waals surface area (Å²) in [6.45, 7) is -0.840. The minimum Gasteiger partial charge on any atom is -0.375 e. The maximum atomic E-state index is 12.8. The van der Waals surface area contributed by atoms with E-state index < -0.39 is 30.1 Å². The van der Waals surface area contributed by atoms with Crippen LogP contribution in [0.25, 0.3) is 11.2 Å². The third-order valence-corrected chi connectivity index (χ3v) is 4.15. The van der Waals surface area contributed by atoms with Gasteiger partial charge in [-0.1, -0.05) is 0 Å². The number of anilines is 3. The minimum absolute atomic E-state index is 0.125. The fourth-order valence-corrected chi connectivity index (χ4v) is 2.71. The van der Waals surface area contributed by atoms with Gasteiger partial charge < -0.3 is 20.4 Å². The molecule has 0 aliphatic heterocycles. The number of hydrogen-bond acceptors (Lipinski definition) is 7. The van der Waals surface area contributed by atoms with Crippen molar-refractivity contribution < 1.29 is 27.5 Å². The van der Waals surface area contributed by atoms with Crippen molar-refractivity contribution in [2.45, 2.75) is 6.18 Å². The van der Waals surface area contributed by atoms with Gasteiger partial charge in [0.25, 0.3) is 5.91 Å². The molecule has 0 saturated heterocycles. The van der Waals surface area contributed by atoms with Crippen LogP contribution in [0.1, 0.15) is 5.56 Å². The zero-order chi connectivity index (χ0) is 22.8. The fraction of sp³-hybridized carbons (Fsp3) is 0.278. The smallest absolute Gasteiger partial charge is 0.375 e. The number of ether oxygens (including phenoxy) is 1. The number of alkyl halides is 3. The van der Waals surface area contributed by atoms with Crippen LogP contribution in [0.2, 0.25) is 0 Å². The first-order chi connectivity index (χ1) is 14.6. The van der Waals surface area contributed by atoms with Gasteiger partial charge >= 0.3 is 6.18 Å². The van der Waals surface area contributed by atoms with E-state index in [1.807, 2.05) is 0 Å². The standard InChI is InChI=1S/C18H18F3N7O3/c1-27-9-23-14-15(24-11-5-3-10(4-6-11)18(19,20)21)25-17(26-16(14)27)28(7-12(22)29)13(30)8-31-2/h3-6,9H,7-8H2,1-2H3,(H2,22,29)(H,24,25,26). The lowest BCUT2D eigenvalue weighted by Crippen LogP contribution is -2.41. The number of primary amides is 1. The molecule has 31 heavy (non-hydrogen) atoms. The molecule has 0 aliphatic rings. The number of methoxy groups -OCH3 is 1. The van der Waals surface area contributed by atoms with Crippen LogP contribution >= 0.6 is 0 Å². The first-order valence-electron chi connectivity index (χ1n) is 8.81. The summed E-state index contributed by atoms with van der Waals surface area (Å²) < 4.78 is 44.8. The molecule has 164 valence electrons. The molecular formula is C18H18F3N7O3. The molecular weight excluding hydrogens is 419 g/mol. The second kappa shape index (κ2) is 8.55. The molecule has 3 rings (SSSR count). The number of halogens is 3. The van der Waals surface area contributed by atoms with Crippen molar-refractivity contribution in [3.05, 3.63) is 36.2 Å². The van der Waals surface area contributed by atoms with Gasteiger partial charge in [0.05, 0.1) is 11.9 Å². The molecule has 0 bridgehead atoms. The van der Waals surface area contributed by atoms with E-state index in [0.717, 1.165) is 17.0 Å². The number of carbonyl (C=O) groups excluding carboxylic acids is 2. The topological polar surface area (TPSA) is 128 Å². The molecule has 3 N–H and O–H groups in total. The molecule has 0 spiro atoms. The molecule has 0 radical (unpaired) electrons. The van der Waals surface area contributed by atoms with Crippen LogP contribution in [-0.2, 0) is 27.5 Å². The van der Waals surface area contributed by atoms with Gasteiger partial charge in [0.1, 0.15) is 13.2 Å². The Morgan fingerprint density at radius 2 is 1.90 bits per heavy atom. The average molecular weight is 437 g/mol. The Balaban J connectivity index is 2.04. The molecule has 10 nitrogen and oxygen atoms in total. The van der Waals surface area contributed by atoms with Gasteiger partial charge in [0.2, 0.25) is 11.9 Å². The van der Waals surface area contributed by atoms with E-state index >= 15 is 0 Å². The number of aromatic nitrogens is 4. The molecule has 0 saturated carbocycles. The normalized spacial score (nSPS) is 11.5. The number of aryl methyl sites for hydroxylation is 1. The molecule has 0 unspecified atom stereocenters. The van der Waals surface area contributed by atoms with Gasteiger partial charge in [0, 0.05) is 19.8 Å². The van der Waals surface area contributed by atoms with E-state index in [2.05, 4.69) is 20.3 Å². The average Bonchev–Trinajstić information content (AvgIpc) is 3.07. The van der Waals surface area contributed by atoms with Gasteiger partial charge in [-0.25, -0.2) is 4.98 Å². The Bertz CT molecular complexity index is 1110. The Labute approximate surface area is 173 Å². The second-order valence-corrected chi connectivity index (χ2v) is 6.48. The summed E-state index contributed by atoms with van der Waals surface area (Å²) in [7, 11) is 2.96. The third kappa shape index (κ3) is 4.88. The Morgan fingerprint density at radius 1 is 1.23 bits per heavy atom. The molecule has 0 atom stereocenters. The first kappa shape index (κ1) is 22.0. The van der Waals surface area contributed by atoms with Crippen molar-refractivity contribution in [2.24, 2.45) is 12.8 Å². The molecule has 1 aromatic carbocycles. The summed E-state index contributed by atoms with van der Waals surface area (Å²) >= 11 is 0. The lowest BCUT2D eigenvalue weighted by molar-refractivity contribution is -0.137. The van der Waals surface area contributed by atoms with Gasteiger partial charge in [-0.15, -0.1) is 0 Å². The van der Waals surface area contributed by atoms with E-state index in [9.17, 15) is 22.8 Å². The monoisotopic (exact) mass is 437 g/mol. The molecule has 3 aromatic rings. The zero-order valence-electron chi connectivity index (χ0n) is 16.5. The van der Waals surface area contributed by atoms with Crippen LogP contribution in [-0.4, -0.2) is 51.6 Å². The van der Waals surface area contributed by atoms with E-state index in [0.29, 0.717) is 16.9 Å². The molecule has 13 heteroatoms. The summed E-state index contributed by atoms with van der Waals surface area (Å²) in [6, 6.07) is 4.30. The van der Waals surface area contributed by atoms with E-state index in [4.69, 9.17) is 10.5 Å². The number of carbonyl (C=O) groups is 2. The first-order valence-corrected chi connectivity index (χ1v) is 8.81. The van der Waals surface area contributed by atoms with E-state index in [1.165, 1.54) is 25.6 Å². The van der Waals surface area contributed by atoms with Crippen LogP contribution in [0, 0.1) is 0 Å². The maximum Gasteiger partial charge on any atom is 0.416 e. The fourth-order valence-electron chi connectivity index (χ4n) is 2.71. The summed E-state index contributed by atoms with van der Waals surface area (Å²) in [4.78, 5) is 37.6. The summed E-state index contributed by atoms with van der Waals surface area (Å²) in [5.41, 5.74) is 5.37. The number of nitrogens with two attached hydrogens (primary N) is 1. The van der Waals surface area contributed by atoms with Crippen molar-refractivity contribution in [3.8, 4) is 0 Å². The van der Waals surface area contributed by atoms with E-state index in [-0.39, 0.29) is 18.4 Å². The van der Waals surface area contributed by atoms with Crippen molar-refractivity contribution in [3.63, 3.8) is 0 Å². The summed E-state index contributed by atoms with van der Waals surface area (Å²) in [6.07, 6.45) is -3.01. The van der Waals surface area contributed by atoms with Crippen molar-refractivity contribution >= 4 is 40.4 Å². The number of nitrogens with one attached hydrogen (secondary N) is 1. The van der Waals surface area contributed by atoms with Crippen molar-refractivity contribution in [1.29, 1.82) is 0 Å². The van der Waals surface area contributed by atoms with Crippen LogP contribution in [0.4, 0.5) is 30.6 Å². The van der Waals surface area contributed by atoms with Gasteiger partial charge in [-0.05, 0) is 24.3 Å². The number of benzene rings is 1. The largest absolute Gasteiger partial charge is 0.416 e. The number of hydrogen-bond donors (Lipinski definition) is 2. The maximum absolute atomic E-state index is 12.8. The Kier molecular flexibility index (Phi) is 6.06. The van der Waals surface area contributed by atoms with Gasteiger partial charge in [0.15, 0.2) is 17.0 Å². The Morgan fingerprint density at radius 3 is 2.48 bits per heavy atom. The minimum atomic E-state index is -4.47. The number of nitrogens with zero attached hydrogens (tertiary/aromatic N) is 5. The lowest BCUT2D eigenvalue weighted by Gasteiger charge is -2.20. The van der Waals surface area contributed by atoms with Gasteiger partial charge in [-0.3, -0.25) is 14.5 Å². The van der Waals surface area contributed by atoms with Crippen LogP contribution in [0.15, 0.2) is 30.6 Å². The van der Waals surface area contributed by atoms with E-state index in [1.54, 1.807) is 11.6 Å². The van der Waals surface area contributed by atoms with Crippen LogP contribution < -0.4 is 16.0 Å². The van der Waals surface area contributed by atoms with Crippen LogP contribution in [0.5, 0.6) is 0 Å². The highest BCUT2D eigenvalue weighted by Gasteiger charge is 2.30. The summed E-state index contributed by atoms with van der Waals surface area (Å²) in [5.74, 6) is -1.43. The lowest BCUT2D eigenvalue weighted by atomic mass is 10.2.